The van der Waals surface area contributed by atoms with Crippen molar-refractivity contribution in [1.29, 1.82) is 0 Å². The van der Waals surface area contributed by atoms with Gasteiger partial charge in [-0.2, -0.15) is 5.21 Å². The summed E-state index contributed by atoms with van der Waals surface area (Å²) in [6, 6.07) is 12.8. The van der Waals surface area contributed by atoms with Crippen LogP contribution in [0.15, 0.2) is 42.5 Å². The van der Waals surface area contributed by atoms with E-state index in [4.69, 9.17) is 17.0 Å². The Balaban J connectivity index is 1.48. The number of aromatic nitrogens is 4. The van der Waals surface area contributed by atoms with Crippen LogP contribution in [0.4, 0.5) is 11.4 Å². The molecule has 144 valence electrons. The lowest BCUT2D eigenvalue weighted by molar-refractivity contribution is -0.151. The molecule has 1 atom stereocenters. The van der Waals surface area contributed by atoms with Gasteiger partial charge in [-0.1, -0.05) is 28.5 Å². The van der Waals surface area contributed by atoms with E-state index in [-0.39, 0.29) is 6.61 Å². The van der Waals surface area contributed by atoms with Gasteiger partial charge in [0.25, 0.3) is 0 Å². The second kappa shape index (κ2) is 7.79. The first-order chi connectivity index (χ1) is 13.6. The summed E-state index contributed by atoms with van der Waals surface area (Å²) in [4.78, 5) is 11.7. The molecule has 1 aromatic heterocycles. The maximum absolute atomic E-state index is 11.7. The van der Waals surface area contributed by atoms with Gasteiger partial charge in [0, 0.05) is 13.1 Å². The first kappa shape index (κ1) is 18.1. The fraction of sp³-hybridized carbons (Fsp3) is 0.222. The Hall–Kier alpha value is -3.24. The molecule has 1 aliphatic heterocycles. The number of rotatable bonds is 6. The van der Waals surface area contributed by atoms with Crippen LogP contribution >= 0.6 is 12.2 Å². The lowest BCUT2D eigenvalue weighted by atomic mass is 10.1. The number of tetrazole rings is 1. The SMILES string of the molecule is O=C(O)C(OCc1ccc(-n2[nH]nnc2=S)cc1)c1ccc2c(c1)NCCN2. The number of nitrogens with one attached hydrogen (secondary N) is 3. The zero-order chi connectivity index (χ0) is 19.5. The second-order valence-corrected chi connectivity index (χ2v) is 6.64. The number of aromatic amines is 1. The Morgan fingerprint density at radius 2 is 1.93 bits per heavy atom. The van der Waals surface area contributed by atoms with E-state index < -0.39 is 12.1 Å². The molecular formula is C18H18N6O3S. The van der Waals surface area contributed by atoms with E-state index >= 15 is 0 Å². The van der Waals surface area contributed by atoms with Gasteiger partial charge in [0.2, 0.25) is 4.77 Å². The zero-order valence-electron chi connectivity index (χ0n) is 14.8. The van der Waals surface area contributed by atoms with Crippen molar-refractivity contribution in [1.82, 2.24) is 20.2 Å². The van der Waals surface area contributed by atoms with Gasteiger partial charge in [-0.25, -0.2) is 9.48 Å². The van der Waals surface area contributed by atoms with Crippen molar-refractivity contribution in [3.05, 3.63) is 58.4 Å². The minimum Gasteiger partial charge on any atom is -0.479 e. The van der Waals surface area contributed by atoms with Crippen molar-refractivity contribution < 1.29 is 14.6 Å². The highest BCUT2D eigenvalue weighted by Crippen LogP contribution is 2.30. The molecule has 0 spiro atoms. The third-order valence-electron chi connectivity index (χ3n) is 4.41. The number of nitrogens with zero attached hydrogens (tertiary/aromatic N) is 3. The summed E-state index contributed by atoms with van der Waals surface area (Å²) >= 11 is 5.07. The van der Waals surface area contributed by atoms with Gasteiger partial charge in [-0.15, -0.1) is 0 Å². The van der Waals surface area contributed by atoms with Gasteiger partial charge in [0.05, 0.1) is 23.7 Å². The van der Waals surface area contributed by atoms with Gasteiger partial charge in [-0.3, -0.25) is 0 Å². The largest absolute Gasteiger partial charge is 0.479 e. The van der Waals surface area contributed by atoms with Crippen LogP contribution in [-0.2, 0) is 16.1 Å². The van der Waals surface area contributed by atoms with Crippen LogP contribution in [-0.4, -0.2) is 44.4 Å². The van der Waals surface area contributed by atoms with Crippen LogP contribution in [0.2, 0.25) is 0 Å². The molecule has 4 N–H and O–H groups in total. The van der Waals surface area contributed by atoms with E-state index in [1.54, 1.807) is 10.7 Å². The Morgan fingerprint density at radius 3 is 2.61 bits per heavy atom. The van der Waals surface area contributed by atoms with Crippen molar-refractivity contribution in [2.45, 2.75) is 12.7 Å². The van der Waals surface area contributed by atoms with Crippen molar-refractivity contribution in [2.24, 2.45) is 0 Å². The molecule has 0 bridgehead atoms. The molecule has 0 radical (unpaired) electrons. The molecule has 10 heteroatoms. The molecule has 0 amide bonds. The fourth-order valence-corrected chi connectivity index (χ4v) is 3.20. The van der Waals surface area contributed by atoms with E-state index in [1.807, 2.05) is 36.4 Å². The number of fused-ring (bicyclic) bond motifs is 1. The highest BCUT2D eigenvalue weighted by Gasteiger charge is 2.22. The minimum atomic E-state index is -1.06. The smallest absolute Gasteiger partial charge is 0.337 e. The molecule has 28 heavy (non-hydrogen) atoms. The number of hydrogen-bond donors (Lipinski definition) is 4. The maximum atomic E-state index is 11.7. The number of carbonyl (C=O) groups is 1. The van der Waals surface area contributed by atoms with Gasteiger partial charge in [0.1, 0.15) is 0 Å². The predicted molar refractivity (Wildman–Crippen MR) is 105 cm³/mol. The number of anilines is 2. The third kappa shape index (κ3) is 3.73. The number of carboxylic acid groups (broad SMARTS) is 1. The first-order valence-electron chi connectivity index (χ1n) is 8.67. The molecule has 0 saturated heterocycles. The number of ether oxygens (including phenoxy) is 1. The molecule has 3 aromatic rings. The molecule has 4 rings (SSSR count). The van der Waals surface area contributed by atoms with E-state index in [9.17, 15) is 9.90 Å². The predicted octanol–water partition coefficient (Wildman–Crippen LogP) is 2.50. The van der Waals surface area contributed by atoms with Gasteiger partial charge in [0.15, 0.2) is 6.10 Å². The van der Waals surface area contributed by atoms with Gasteiger partial charge in [-0.05, 0) is 47.6 Å². The second-order valence-electron chi connectivity index (χ2n) is 6.27. The average Bonchev–Trinajstić information content (AvgIpc) is 3.14. The van der Waals surface area contributed by atoms with E-state index in [0.717, 1.165) is 35.7 Å². The van der Waals surface area contributed by atoms with Crippen LogP contribution in [0.1, 0.15) is 17.2 Å². The van der Waals surface area contributed by atoms with E-state index in [0.29, 0.717) is 10.3 Å². The number of aliphatic carboxylic acids is 1. The first-order valence-corrected chi connectivity index (χ1v) is 9.08. The molecule has 1 aliphatic rings. The van der Waals surface area contributed by atoms with Crippen molar-refractivity contribution in [3.63, 3.8) is 0 Å². The van der Waals surface area contributed by atoms with E-state index in [2.05, 4.69) is 26.2 Å². The summed E-state index contributed by atoms with van der Waals surface area (Å²) in [6.45, 7) is 1.78. The highest BCUT2D eigenvalue weighted by molar-refractivity contribution is 7.71. The van der Waals surface area contributed by atoms with Crippen LogP contribution < -0.4 is 10.6 Å². The topological polar surface area (TPSA) is 117 Å². The monoisotopic (exact) mass is 398 g/mol. The Kier molecular flexibility index (Phi) is 5.04. The van der Waals surface area contributed by atoms with Crippen LogP contribution in [0.3, 0.4) is 0 Å². The van der Waals surface area contributed by atoms with Crippen LogP contribution in [0.5, 0.6) is 0 Å². The van der Waals surface area contributed by atoms with E-state index in [1.165, 1.54) is 0 Å². The molecule has 0 saturated carbocycles. The normalized spacial score (nSPS) is 13.9. The molecule has 9 nitrogen and oxygen atoms in total. The summed E-state index contributed by atoms with van der Waals surface area (Å²) in [6.07, 6.45) is -1.06. The average molecular weight is 398 g/mol. The number of benzene rings is 2. The molecule has 0 fully saturated rings. The Morgan fingerprint density at radius 1 is 1.18 bits per heavy atom. The number of hydrogen-bond acceptors (Lipinski definition) is 7. The molecule has 1 unspecified atom stereocenters. The van der Waals surface area contributed by atoms with Gasteiger partial charge < -0.3 is 20.5 Å². The molecule has 2 heterocycles. The minimum absolute atomic E-state index is 0.159. The maximum Gasteiger partial charge on any atom is 0.337 e. The van der Waals surface area contributed by atoms with Crippen LogP contribution in [0.25, 0.3) is 5.69 Å². The van der Waals surface area contributed by atoms with Crippen molar-refractivity contribution >= 4 is 29.6 Å². The lowest BCUT2D eigenvalue weighted by Crippen LogP contribution is -2.21. The van der Waals surface area contributed by atoms with Crippen LogP contribution in [0, 0.1) is 4.77 Å². The Labute approximate surface area is 165 Å². The third-order valence-corrected chi connectivity index (χ3v) is 4.67. The summed E-state index contributed by atoms with van der Waals surface area (Å²) in [5, 5.41) is 26.2. The molecule has 2 aromatic carbocycles. The number of carboxylic acids is 1. The molecule has 0 aliphatic carbocycles. The van der Waals surface area contributed by atoms with Crippen molar-refractivity contribution in [2.75, 3.05) is 23.7 Å². The fourth-order valence-electron chi connectivity index (χ4n) is 3.02. The lowest BCUT2D eigenvalue weighted by Gasteiger charge is -2.22. The number of H-pyrrole nitrogens is 1. The summed E-state index contributed by atoms with van der Waals surface area (Å²) in [5.74, 6) is -1.03. The Bertz CT molecular complexity index is 1050. The van der Waals surface area contributed by atoms with Gasteiger partial charge >= 0.3 is 5.97 Å². The summed E-state index contributed by atoms with van der Waals surface area (Å²) in [7, 11) is 0. The quantitative estimate of drug-likeness (QED) is 0.468. The molecular weight excluding hydrogens is 380 g/mol. The van der Waals surface area contributed by atoms with Crippen molar-refractivity contribution in [3.8, 4) is 5.69 Å². The zero-order valence-corrected chi connectivity index (χ0v) is 15.6. The highest BCUT2D eigenvalue weighted by atomic mass is 32.1. The summed E-state index contributed by atoms with van der Waals surface area (Å²) < 4.78 is 7.60. The summed E-state index contributed by atoms with van der Waals surface area (Å²) in [5.41, 5.74) is 4.05. The standard InChI is InChI=1S/C18H18N6O3S/c25-17(26)16(12-3-6-14-15(9-12)20-8-7-19-14)27-10-11-1-4-13(5-2-11)24-18(28)21-22-23-24/h1-6,9,16,19-20H,7-8,10H2,(H,25,26)(H,21,23,28).